The lowest BCUT2D eigenvalue weighted by Crippen LogP contribution is -2.31. The maximum absolute atomic E-state index is 11.7. The molecule has 7 heteroatoms. The predicted molar refractivity (Wildman–Crippen MR) is 168 cm³/mol. The first-order valence-electron chi connectivity index (χ1n) is 17.6. The average Bonchev–Trinajstić information content (AvgIpc) is 3.58. The molecule has 0 aromatic carbocycles. The highest BCUT2D eigenvalue weighted by Gasteiger charge is 2.34. The number of aliphatic hydroxyl groups is 4. The lowest BCUT2D eigenvalue weighted by Gasteiger charge is -2.23. The Bertz CT molecular complexity index is 726. The van der Waals surface area contributed by atoms with Gasteiger partial charge in [-0.1, -0.05) is 103 Å². The Morgan fingerprint density at radius 2 is 1.14 bits per heavy atom. The number of hydrogen-bond acceptors (Lipinski definition) is 7. The van der Waals surface area contributed by atoms with Crippen molar-refractivity contribution in [2.45, 2.75) is 204 Å². The normalized spacial score (nSPS) is 23.5. The van der Waals surface area contributed by atoms with Crippen molar-refractivity contribution in [3.63, 3.8) is 0 Å². The van der Waals surface area contributed by atoms with E-state index in [2.05, 4.69) is 6.92 Å². The van der Waals surface area contributed by atoms with E-state index >= 15 is 0 Å². The van der Waals surface area contributed by atoms with Gasteiger partial charge in [0, 0.05) is 12.0 Å². The summed E-state index contributed by atoms with van der Waals surface area (Å²) in [5.74, 6) is -0.323. The van der Waals surface area contributed by atoms with E-state index in [1.807, 2.05) is 6.92 Å². The lowest BCUT2D eigenvalue weighted by molar-refractivity contribution is -0.139. The van der Waals surface area contributed by atoms with E-state index in [1.54, 1.807) is 6.08 Å². The van der Waals surface area contributed by atoms with Crippen LogP contribution in [0.4, 0.5) is 0 Å². The molecule has 0 spiro atoms. The van der Waals surface area contributed by atoms with Crippen LogP contribution >= 0.6 is 0 Å². The van der Waals surface area contributed by atoms with E-state index in [1.165, 1.54) is 70.6 Å². The van der Waals surface area contributed by atoms with Crippen molar-refractivity contribution in [2.24, 2.45) is 0 Å². The van der Waals surface area contributed by atoms with Crippen molar-refractivity contribution in [3.05, 3.63) is 11.6 Å². The molecule has 0 aliphatic carbocycles. The summed E-state index contributed by atoms with van der Waals surface area (Å²) in [6.45, 7) is 4.07. The van der Waals surface area contributed by atoms with Gasteiger partial charge in [0.2, 0.25) is 0 Å². The van der Waals surface area contributed by atoms with E-state index in [9.17, 15) is 25.2 Å². The zero-order valence-electron chi connectivity index (χ0n) is 26.9. The van der Waals surface area contributed by atoms with Crippen molar-refractivity contribution in [2.75, 3.05) is 0 Å². The van der Waals surface area contributed by atoms with Gasteiger partial charge >= 0.3 is 5.97 Å². The van der Waals surface area contributed by atoms with Crippen LogP contribution in [-0.4, -0.2) is 69.1 Å². The fourth-order valence-electron chi connectivity index (χ4n) is 6.40. The third kappa shape index (κ3) is 16.2. The Morgan fingerprint density at radius 1 is 0.667 bits per heavy atom. The summed E-state index contributed by atoms with van der Waals surface area (Å²) < 4.78 is 11.1. The van der Waals surface area contributed by atoms with Gasteiger partial charge in [0.05, 0.1) is 36.6 Å². The second-order valence-electron chi connectivity index (χ2n) is 13.1. The Kier molecular flexibility index (Phi) is 19.9. The van der Waals surface area contributed by atoms with Gasteiger partial charge in [-0.05, 0) is 57.9 Å². The Labute approximate surface area is 256 Å². The summed E-state index contributed by atoms with van der Waals surface area (Å²) in [6.07, 6.45) is 22.3. The molecule has 246 valence electrons. The van der Waals surface area contributed by atoms with Crippen molar-refractivity contribution in [1.82, 2.24) is 0 Å². The molecule has 0 amide bonds. The highest BCUT2D eigenvalue weighted by molar-refractivity contribution is 5.90. The molecule has 7 atom stereocenters. The first kappa shape index (κ1) is 37.2. The van der Waals surface area contributed by atoms with Gasteiger partial charge in [-0.3, -0.25) is 0 Å². The molecular formula is C35H64O7. The zero-order chi connectivity index (χ0) is 30.6. The molecule has 0 aromatic rings. The fraction of sp³-hybridized carbons (Fsp3) is 0.914. The fourth-order valence-corrected chi connectivity index (χ4v) is 6.40. The number of esters is 1. The second kappa shape index (κ2) is 22.5. The minimum atomic E-state index is -0.613. The topological polar surface area (TPSA) is 116 Å². The maximum atomic E-state index is 11.7. The first-order chi connectivity index (χ1) is 20.3. The minimum absolute atomic E-state index is 0.184. The van der Waals surface area contributed by atoms with Gasteiger partial charge < -0.3 is 29.9 Å². The number of cyclic esters (lactones) is 1. The smallest absolute Gasteiger partial charge is 0.334 e. The van der Waals surface area contributed by atoms with Gasteiger partial charge in [-0.25, -0.2) is 4.79 Å². The molecule has 0 aromatic heterocycles. The van der Waals surface area contributed by atoms with Crippen LogP contribution in [0.3, 0.4) is 0 Å². The number of rotatable bonds is 26. The Hall–Kier alpha value is -0.990. The number of carbonyl (C=O) groups is 1. The number of hydrogen-bond donors (Lipinski definition) is 4. The largest absolute Gasteiger partial charge is 0.455 e. The van der Waals surface area contributed by atoms with Crippen molar-refractivity contribution in [1.29, 1.82) is 0 Å². The molecular weight excluding hydrogens is 532 g/mol. The SMILES string of the molecule is CCCCCCCCCCCCCC[C@H](O)[C@@H]1CC[C@H]([C@H](O)CC[C@@H](O)CCCCC[C@H](O)CC2=C[C@@H](C)OC2=O)O1. The molecule has 2 aliphatic heterocycles. The van der Waals surface area contributed by atoms with Crippen LogP contribution in [0, 0.1) is 0 Å². The molecule has 7 nitrogen and oxygen atoms in total. The summed E-state index contributed by atoms with van der Waals surface area (Å²) in [6, 6.07) is 0. The van der Waals surface area contributed by atoms with Crippen molar-refractivity contribution >= 4 is 5.97 Å². The molecule has 2 heterocycles. The van der Waals surface area contributed by atoms with Gasteiger partial charge in [0.1, 0.15) is 6.10 Å². The monoisotopic (exact) mass is 596 g/mol. The molecule has 0 unspecified atom stereocenters. The molecule has 0 bridgehead atoms. The third-order valence-corrected chi connectivity index (χ3v) is 9.11. The second-order valence-corrected chi connectivity index (χ2v) is 13.1. The van der Waals surface area contributed by atoms with Gasteiger partial charge in [-0.2, -0.15) is 0 Å². The average molecular weight is 597 g/mol. The zero-order valence-corrected chi connectivity index (χ0v) is 26.9. The molecule has 42 heavy (non-hydrogen) atoms. The van der Waals surface area contributed by atoms with Crippen LogP contribution in [0.25, 0.3) is 0 Å². The molecule has 2 rings (SSSR count). The van der Waals surface area contributed by atoms with Crippen LogP contribution in [0.1, 0.15) is 162 Å². The number of carbonyl (C=O) groups excluding carboxylic acids is 1. The van der Waals surface area contributed by atoms with Crippen LogP contribution in [0.5, 0.6) is 0 Å². The molecule has 2 aliphatic rings. The van der Waals surface area contributed by atoms with E-state index in [0.29, 0.717) is 37.7 Å². The van der Waals surface area contributed by atoms with E-state index in [4.69, 9.17) is 9.47 Å². The Morgan fingerprint density at radius 3 is 1.69 bits per heavy atom. The van der Waals surface area contributed by atoms with E-state index in [-0.39, 0.29) is 24.3 Å². The standard InChI is InChI=1S/C35H64O7/c1-3-4-5-6-7-8-9-10-11-12-13-17-20-31(38)33-23-24-34(42-33)32(39)22-21-29(36)18-15-14-16-19-30(37)26-28-25-27(2)41-35(28)40/h25,27,29-34,36-39H,3-24,26H2,1-2H3/t27-,29+,30+,31+,32-,33+,34-/m1/s1. The first-order valence-corrected chi connectivity index (χ1v) is 17.6. The lowest BCUT2D eigenvalue weighted by atomic mass is 9.98. The maximum Gasteiger partial charge on any atom is 0.334 e. The van der Waals surface area contributed by atoms with Crippen LogP contribution < -0.4 is 0 Å². The summed E-state index contributed by atoms with van der Waals surface area (Å²) in [7, 11) is 0. The summed E-state index contributed by atoms with van der Waals surface area (Å²) in [5.41, 5.74) is 0.565. The molecule has 0 saturated carbocycles. The summed E-state index contributed by atoms with van der Waals surface area (Å²) in [5, 5.41) is 41.8. The molecule has 1 saturated heterocycles. The molecule has 4 N–H and O–H groups in total. The van der Waals surface area contributed by atoms with Crippen LogP contribution in [-0.2, 0) is 14.3 Å². The predicted octanol–water partition coefficient (Wildman–Crippen LogP) is 7.06. The van der Waals surface area contributed by atoms with Crippen LogP contribution in [0.2, 0.25) is 0 Å². The summed E-state index contributed by atoms with van der Waals surface area (Å²) >= 11 is 0. The quantitative estimate of drug-likeness (QED) is 0.0624. The number of ether oxygens (including phenoxy) is 2. The summed E-state index contributed by atoms with van der Waals surface area (Å²) in [4.78, 5) is 11.7. The van der Waals surface area contributed by atoms with Gasteiger partial charge in [0.15, 0.2) is 0 Å². The van der Waals surface area contributed by atoms with Gasteiger partial charge in [0.25, 0.3) is 0 Å². The molecule has 1 fully saturated rings. The minimum Gasteiger partial charge on any atom is -0.455 e. The van der Waals surface area contributed by atoms with Gasteiger partial charge in [-0.15, -0.1) is 0 Å². The van der Waals surface area contributed by atoms with E-state index < -0.39 is 24.4 Å². The number of unbranched alkanes of at least 4 members (excludes halogenated alkanes) is 13. The Balaban J connectivity index is 1.43. The highest BCUT2D eigenvalue weighted by Crippen LogP contribution is 2.28. The third-order valence-electron chi connectivity index (χ3n) is 9.11. The molecule has 0 radical (unpaired) electrons. The highest BCUT2D eigenvalue weighted by atomic mass is 16.5. The van der Waals surface area contributed by atoms with Crippen molar-refractivity contribution < 1.29 is 34.7 Å². The van der Waals surface area contributed by atoms with Crippen molar-refractivity contribution in [3.8, 4) is 0 Å². The number of aliphatic hydroxyl groups excluding tert-OH is 4. The van der Waals surface area contributed by atoms with E-state index in [0.717, 1.165) is 44.9 Å². The van der Waals surface area contributed by atoms with Crippen LogP contribution in [0.15, 0.2) is 11.6 Å².